The van der Waals surface area contributed by atoms with Crippen molar-refractivity contribution in [3.8, 4) is 0 Å². The number of hydrogen-bond acceptors (Lipinski definition) is 4. The van der Waals surface area contributed by atoms with Crippen LogP contribution >= 0.6 is 0 Å². The van der Waals surface area contributed by atoms with Gasteiger partial charge in [-0.2, -0.15) is 4.31 Å². The third-order valence-electron chi connectivity index (χ3n) is 5.08. The average Bonchev–Trinajstić information content (AvgIpc) is 2.70. The molecule has 0 spiro atoms. The van der Waals surface area contributed by atoms with Gasteiger partial charge in [-0.25, -0.2) is 8.42 Å². The van der Waals surface area contributed by atoms with Crippen LogP contribution in [-0.2, 0) is 14.8 Å². The molecular formula is C22H27N3O3S. The van der Waals surface area contributed by atoms with Crippen LogP contribution in [0.4, 0.5) is 5.69 Å². The zero-order valence-corrected chi connectivity index (χ0v) is 17.7. The van der Waals surface area contributed by atoms with E-state index in [-0.39, 0.29) is 12.5 Å². The lowest BCUT2D eigenvalue weighted by atomic mass is 10.1. The smallest absolute Gasteiger partial charge is 0.238 e. The van der Waals surface area contributed by atoms with Crippen LogP contribution in [0.2, 0.25) is 0 Å². The number of aryl methyl sites for hydroxylation is 2. The number of piperazine rings is 1. The van der Waals surface area contributed by atoms with Gasteiger partial charge < -0.3 is 5.32 Å². The van der Waals surface area contributed by atoms with Crippen LogP contribution in [-0.4, -0.2) is 56.3 Å². The molecule has 1 fully saturated rings. The molecule has 2 aromatic rings. The minimum Gasteiger partial charge on any atom is -0.325 e. The molecule has 0 atom stereocenters. The summed E-state index contributed by atoms with van der Waals surface area (Å²) in [5.41, 5.74) is 3.94. The van der Waals surface area contributed by atoms with Crippen LogP contribution < -0.4 is 5.32 Å². The predicted octanol–water partition coefficient (Wildman–Crippen LogP) is 2.86. The molecule has 1 N–H and O–H groups in total. The lowest BCUT2D eigenvalue weighted by Gasteiger charge is -2.32. The summed E-state index contributed by atoms with van der Waals surface area (Å²) >= 11 is 0. The minimum atomic E-state index is -3.47. The number of carbonyl (C=O) groups excluding carboxylic acids is 1. The summed E-state index contributed by atoms with van der Waals surface area (Å²) in [5, 5.41) is 4.17. The van der Waals surface area contributed by atoms with Crippen molar-refractivity contribution in [2.45, 2.75) is 13.8 Å². The van der Waals surface area contributed by atoms with Crippen LogP contribution in [0.15, 0.2) is 53.9 Å². The first-order chi connectivity index (χ1) is 13.8. The Labute approximate surface area is 172 Å². The van der Waals surface area contributed by atoms with Crippen LogP contribution in [0.3, 0.4) is 0 Å². The Morgan fingerprint density at radius 1 is 1.00 bits per heavy atom. The highest BCUT2D eigenvalue weighted by atomic mass is 32.2. The number of nitrogens with one attached hydrogen (secondary N) is 1. The molecular weight excluding hydrogens is 386 g/mol. The maximum absolute atomic E-state index is 12.5. The Morgan fingerprint density at radius 3 is 2.34 bits per heavy atom. The Kier molecular flexibility index (Phi) is 6.84. The lowest BCUT2D eigenvalue weighted by molar-refractivity contribution is -0.117. The van der Waals surface area contributed by atoms with Gasteiger partial charge in [-0.3, -0.25) is 9.69 Å². The maximum Gasteiger partial charge on any atom is 0.238 e. The van der Waals surface area contributed by atoms with Crippen molar-refractivity contribution < 1.29 is 13.2 Å². The van der Waals surface area contributed by atoms with Gasteiger partial charge in [0.2, 0.25) is 15.9 Å². The van der Waals surface area contributed by atoms with Crippen LogP contribution in [0, 0.1) is 13.8 Å². The van der Waals surface area contributed by atoms with Gasteiger partial charge in [0.1, 0.15) is 0 Å². The predicted molar refractivity (Wildman–Crippen MR) is 117 cm³/mol. The molecule has 1 heterocycles. The van der Waals surface area contributed by atoms with Gasteiger partial charge in [-0.05, 0) is 48.7 Å². The van der Waals surface area contributed by atoms with E-state index in [2.05, 4.69) is 5.32 Å². The average molecular weight is 414 g/mol. The molecule has 1 aliphatic rings. The second kappa shape index (κ2) is 9.35. The summed E-state index contributed by atoms with van der Waals surface area (Å²) in [4.78, 5) is 14.3. The van der Waals surface area contributed by atoms with E-state index in [0.717, 1.165) is 16.8 Å². The second-order valence-electron chi connectivity index (χ2n) is 7.28. The van der Waals surface area contributed by atoms with Gasteiger partial charge in [-0.1, -0.05) is 36.4 Å². The molecule has 6 nitrogen and oxygen atoms in total. The fraction of sp³-hybridized carbons (Fsp3) is 0.318. The molecule has 0 aliphatic carbocycles. The topological polar surface area (TPSA) is 69.7 Å². The SMILES string of the molecule is Cc1ccc(NC(=O)CN2CCN(S(=O)(=O)/C=C/c3ccccc3)CC2)cc1C. The molecule has 0 unspecified atom stereocenters. The standard InChI is InChI=1S/C22H27N3O3S/c1-18-8-9-21(16-19(18)2)23-22(26)17-24-11-13-25(14-12-24)29(27,28)15-10-20-6-4-3-5-7-20/h3-10,15-16H,11-14,17H2,1-2H3,(H,23,26)/b15-10+. The number of hydrogen-bond donors (Lipinski definition) is 1. The molecule has 154 valence electrons. The summed E-state index contributed by atoms with van der Waals surface area (Å²) in [7, 11) is -3.47. The van der Waals surface area contributed by atoms with E-state index in [9.17, 15) is 13.2 Å². The van der Waals surface area contributed by atoms with Gasteiger partial charge in [0, 0.05) is 37.3 Å². The van der Waals surface area contributed by atoms with E-state index < -0.39 is 10.0 Å². The minimum absolute atomic E-state index is 0.0893. The van der Waals surface area contributed by atoms with Crippen LogP contribution in [0.5, 0.6) is 0 Å². The second-order valence-corrected chi connectivity index (χ2v) is 9.10. The van der Waals surface area contributed by atoms with E-state index >= 15 is 0 Å². The van der Waals surface area contributed by atoms with E-state index in [4.69, 9.17) is 0 Å². The number of rotatable bonds is 6. The fourth-order valence-corrected chi connectivity index (χ4v) is 4.35. The molecule has 1 saturated heterocycles. The van der Waals surface area contributed by atoms with E-state index in [0.29, 0.717) is 26.2 Å². The maximum atomic E-state index is 12.5. The Balaban J connectivity index is 1.50. The van der Waals surface area contributed by atoms with E-state index in [1.807, 2.05) is 67.3 Å². The van der Waals surface area contributed by atoms with Gasteiger partial charge in [-0.15, -0.1) is 0 Å². The van der Waals surface area contributed by atoms with Gasteiger partial charge in [0.15, 0.2) is 0 Å². The fourth-order valence-electron chi connectivity index (χ4n) is 3.18. The zero-order chi connectivity index (χ0) is 20.9. The zero-order valence-electron chi connectivity index (χ0n) is 16.8. The highest BCUT2D eigenvalue weighted by Gasteiger charge is 2.25. The van der Waals surface area contributed by atoms with E-state index in [1.54, 1.807) is 6.08 Å². The molecule has 2 aromatic carbocycles. The van der Waals surface area contributed by atoms with Gasteiger partial charge in [0.05, 0.1) is 6.54 Å². The molecule has 3 rings (SSSR count). The monoisotopic (exact) mass is 413 g/mol. The van der Waals surface area contributed by atoms with Crippen molar-refractivity contribution in [1.29, 1.82) is 0 Å². The third-order valence-corrected chi connectivity index (χ3v) is 6.65. The van der Waals surface area contributed by atoms with Gasteiger partial charge >= 0.3 is 0 Å². The Bertz CT molecular complexity index is 980. The van der Waals surface area contributed by atoms with Crippen LogP contribution in [0.25, 0.3) is 6.08 Å². The number of benzene rings is 2. The van der Waals surface area contributed by atoms with Gasteiger partial charge in [0.25, 0.3) is 0 Å². The molecule has 0 bridgehead atoms. The Hall–Kier alpha value is -2.48. The highest BCUT2D eigenvalue weighted by molar-refractivity contribution is 7.92. The number of anilines is 1. The molecule has 0 saturated carbocycles. The van der Waals surface area contributed by atoms with E-state index in [1.165, 1.54) is 15.3 Å². The van der Waals surface area contributed by atoms with Crippen molar-refractivity contribution in [2.24, 2.45) is 0 Å². The van der Waals surface area contributed by atoms with Crippen molar-refractivity contribution in [1.82, 2.24) is 9.21 Å². The summed E-state index contributed by atoms with van der Waals surface area (Å²) in [6, 6.07) is 15.2. The first-order valence-corrected chi connectivity index (χ1v) is 11.2. The molecule has 7 heteroatoms. The lowest BCUT2D eigenvalue weighted by Crippen LogP contribution is -2.49. The normalized spacial score (nSPS) is 16.2. The third kappa shape index (κ3) is 6.00. The summed E-state index contributed by atoms with van der Waals surface area (Å²) in [5.74, 6) is -0.0893. The van der Waals surface area contributed by atoms with Crippen molar-refractivity contribution in [3.05, 3.63) is 70.6 Å². The number of sulfonamides is 1. The summed E-state index contributed by atoms with van der Waals surface area (Å²) < 4.78 is 26.5. The molecule has 1 aliphatic heterocycles. The number of carbonyl (C=O) groups is 1. The molecule has 0 aromatic heterocycles. The quantitative estimate of drug-likeness (QED) is 0.791. The Morgan fingerprint density at radius 2 is 1.69 bits per heavy atom. The molecule has 29 heavy (non-hydrogen) atoms. The van der Waals surface area contributed by atoms with Crippen molar-refractivity contribution >= 4 is 27.7 Å². The highest BCUT2D eigenvalue weighted by Crippen LogP contribution is 2.15. The van der Waals surface area contributed by atoms with Crippen molar-refractivity contribution in [2.75, 3.05) is 38.0 Å². The first-order valence-electron chi connectivity index (χ1n) is 9.66. The van der Waals surface area contributed by atoms with Crippen LogP contribution in [0.1, 0.15) is 16.7 Å². The summed E-state index contributed by atoms with van der Waals surface area (Å²) in [6.45, 7) is 6.09. The molecule has 0 radical (unpaired) electrons. The largest absolute Gasteiger partial charge is 0.325 e. The summed E-state index contributed by atoms with van der Waals surface area (Å²) in [6.07, 6.45) is 1.61. The number of nitrogens with zero attached hydrogens (tertiary/aromatic N) is 2. The number of amides is 1. The van der Waals surface area contributed by atoms with Crippen molar-refractivity contribution in [3.63, 3.8) is 0 Å². The molecule has 1 amide bonds. The first kappa shape index (κ1) is 21.2.